The molecule has 3 heteroatoms. The van der Waals surface area contributed by atoms with Gasteiger partial charge in [-0.2, -0.15) is 0 Å². The summed E-state index contributed by atoms with van der Waals surface area (Å²) < 4.78 is 0. The zero-order chi connectivity index (χ0) is 14.0. The van der Waals surface area contributed by atoms with Crippen LogP contribution in [0.3, 0.4) is 0 Å². The monoisotopic (exact) mass is 256 g/mol. The van der Waals surface area contributed by atoms with Gasteiger partial charge in [-0.1, -0.05) is 19.1 Å². The first-order valence-electron chi connectivity index (χ1n) is 6.94. The lowest BCUT2D eigenvalue weighted by molar-refractivity contribution is -0.0541. The summed E-state index contributed by atoms with van der Waals surface area (Å²) in [6.07, 6.45) is 6.62. The first kappa shape index (κ1) is 15.7. The Labute approximate surface area is 111 Å². The molecule has 0 spiro atoms. The van der Waals surface area contributed by atoms with Gasteiger partial charge >= 0.3 is 0 Å². The molecule has 0 unspecified atom stereocenters. The molecule has 18 heavy (non-hydrogen) atoms. The fourth-order valence-electron chi connectivity index (χ4n) is 2.43. The maximum Gasteiger partial charge on any atom is 0.0849 e. The van der Waals surface area contributed by atoms with Crippen LogP contribution < -0.4 is 0 Å². The molecule has 0 saturated heterocycles. The molecule has 1 aliphatic rings. The summed E-state index contributed by atoms with van der Waals surface area (Å²) in [5, 5.41) is 29.3. The minimum atomic E-state index is -1.02. The van der Waals surface area contributed by atoms with E-state index in [9.17, 15) is 15.3 Å². The topological polar surface area (TPSA) is 60.7 Å². The lowest BCUT2D eigenvalue weighted by Crippen LogP contribution is -2.36. The van der Waals surface area contributed by atoms with Crippen molar-refractivity contribution in [2.75, 3.05) is 0 Å². The Balaban J connectivity index is 2.41. The average Bonchev–Trinajstić information content (AvgIpc) is 2.24. The van der Waals surface area contributed by atoms with Crippen molar-refractivity contribution in [1.29, 1.82) is 0 Å². The lowest BCUT2D eigenvalue weighted by atomic mass is 9.78. The minimum Gasteiger partial charge on any atom is -0.390 e. The van der Waals surface area contributed by atoms with E-state index in [4.69, 9.17) is 0 Å². The fraction of sp³-hybridized carbons (Fsp3) is 0.867. The molecule has 3 nitrogen and oxygen atoms in total. The summed E-state index contributed by atoms with van der Waals surface area (Å²) in [6, 6.07) is 0. The van der Waals surface area contributed by atoms with E-state index in [1.807, 2.05) is 13.0 Å². The van der Waals surface area contributed by atoms with Crippen molar-refractivity contribution < 1.29 is 15.3 Å². The quantitative estimate of drug-likeness (QED) is 0.661. The highest BCUT2D eigenvalue weighted by molar-refractivity contribution is 5.06. The molecule has 1 aliphatic carbocycles. The second-order valence-corrected chi connectivity index (χ2v) is 6.64. The minimum absolute atomic E-state index is 0.467. The predicted molar refractivity (Wildman–Crippen MR) is 73.2 cm³/mol. The summed E-state index contributed by atoms with van der Waals surface area (Å²) in [7, 11) is 0. The van der Waals surface area contributed by atoms with Gasteiger partial charge in [0.2, 0.25) is 0 Å². The predicted octanol–water partition coefficient (Wildman–Crippen LogP) is 2.25. The molecular formula is C15H28O3. The molecule has 0 heterocycles. The van der Waals surface area contributed by atoms with E-state index in [0.717, 1.165) is 19.3 Å². The maximum absolute atomic E-state index is 9.84. The summed E-state index contributed by atoms with van der Waals surface area (Å²) in [4.78, 5) is 0. The van der Waals surface area contributed by atoms with Gasteiger partial charge in [-0.3, -0.25) is 0 Å². The molecule has 0 aromatic rings. The zero-order valence-electron chi connectivity index (χ0n) is 12.1. The molecule has 4 atom stereocenters. The second kappa shape index (κ2) is 5.72. The Hall–Kier alpha value is -0.380. The first-order chi connectivity index (χ1) is 8.12. The van der Waals surface area contributed by atoms with Gasteiger partial charge in [0.25, 0.3) is 0 Å². The van der Waals surface area contributed by atoms with Gasteiger partial charge in [-0.05, 0) is 58.3 Å². The SMILES string of the molecule is C[C@H](CC[C@@H](O)C(C)(C)O)[C@@H]1C=C[C@](C)(O)CC1. The van der Waals surface area contributed by atoms with E-state index in [1.54, 1.807) is 13.8 Å². The van der Waals surface area contributed by atoms with Gasteiger partial charge in [0.15, 0.2) is 0 Å². The van der Waals surface area contributed by atoms with E-state index >= 15 is 0 Å². The average molecular weight is 256 g/mol. The Morgan fingerprint density at radius 1 is 1.39 bits per heavy atom. The normalized spacial score (nSPS) is 32.3. The van der Waals surface area contributed by atoms with Gasteiger partial charge in [0.05, 0.1) is 17.3 Å². The van der Waals surface area contributed by atoms with Crippen molar-refractivity contribution in [2.45, 2.75) is 70.7 Å². The van der Waals surface area contributed by atoms with Crippen LogP contribution in [0.2, 0.25) is 0 Å². The third-order valence-corrected chi connectivity index (χ3v) is 4.13. The molecule has 0 fully saturated rings. The molecule has 1 rings (SSSR count). The molecule has 0 aromatic heterocycles. The van der Waals surface area contributed by atoms with Gasteiger partial charge in [-0.25, -0.2) is 0 Å². The van der Waals surface area contributed by atoms with Crippen LogP contribution in [-0.2, 0) is 0 Å². The summed E-state index contributed by atoms with van der Waals surface area (Å²) >= 11 is 0. The largest absolute Gasteiger partial charge is 0.390 e. The lowest BCUT2D eigenvalue weighted by Gasteiger charge is -2.32. The van der Waals surface area contributed by atoms with Crippen LogP contribution in [0.5, 0.6) is 0 Å². The van der Waals surface area contributed by atoms with E-state index in [2.05, 4.69) is 13.0 Å². The van der Waals surface area contributed by atoms with Crippen molar-refractivity contribution in [3.8, 4) is 0 Å². The number of allylic oxidation sites excluding steroid dienone is 1. The highest BCUT2D eigenvalue weighted by Gasteiger charge is 2.28. The fourth-order valence-corrected chi connectivity index (χ4v) is 2.43. The van der Waals surface area contributed by atoms with Crippen LogP contribution >= 0.6 is 0 Å². The molecule has 3 N–H and O–H groups in total. The molecular weight excluding hydrogens is 228 g/mol. The molecule has 0 amide bonds. The van der Waals surface area contributed by atoms with Gasteiger partial charge in [-0.15, -0.1) is 0 Å². The van der Waals surface area contributed by atoms with Gasteiger partial charge in [0, 0.05) is 0 Å². The van der Waals surface area contributed by atoms with Gasteiger partial charge < -0.3 is 15.3 Å². The van der Waals surface area contributed by atoms with Crippen LogP contribution in [0.25, 0.3) is 0 Å². The Morgan fingerprint density at radius 3 is 2.44 bits per heavy atom. The summed E-state index contributed by atoms with van der Waals surface area (Å²) in [5.41, 5.74) is -1.67. The molecule has 0 radical (unpaired) electrons. The van der Waals surface area contributed by atoms with Crippen LogP contribution in [-0.4, -0.2) is 32.6 Å². The smallest absolute Gasteiger partial charge is 0.0849 e. The van der Waals surface area contributed by atoms with Crippen LogP contribution in [0.1, 0.15) is 53.4 Å². The van der Waals surface area contributed by atoms with Crippen molar-refractivity contribution in [3.05, 3.63) is 12.2 Å². The van der Waals surface area contributed by atoms with E-state index in [1.165, 1.54) is 0 Å². The number of aliphatic hydroxyl groups is 3. The number of aliphatic hydroxyl groups excluding tert-OH is 1. The number of hydrogen-bond donors (Lipinski definition) is 3. The molecule has 0 aromatic carbocycles. The van der Waals surface area contributed by atoms with E-state index in [-0.39, 0.29) is 0 Å². The number of rotatable bonds is 5. The highest BCUT2D eigenvalue weighted by atomic mass is 16.3. The number of hydrogen-bond acceptors (Lipinski definition) is 3. The molecule has 0 aliphatic heterocycles. The molecule has 106 valence electrons. The molecule has 0 bridgehead atoms. The van der Waals surface area contributed by atoms with E-state index < -0.39 is 17.3 Å². The van der Waals surface area contributed by atoms with Crippen LogP contribution in [0.4, 0.5) is 0 Å². The Morgan fingerprint density at radius 2 is 2.00 bits per heavy atom. The van der Waals surface area contributed by atoms with Crippen molar-refractivity contribution in [1.82, 2.24) is 0 Å². The van der Waals surface area contributed by atoms with Crippen LogP contribution in [0.15, 0.2) is 12.2 Å². The van der Waals surface area contributed by atoms with Crippen molar-refractivity contribution in [3.63, 3.8) is 0 Å². The molecule has 0 saturated carbocycles. The standard InChI is InChI=1S/C15H28O3/c1-11(5-6-13(16)14(2,3)17)12-7-9-15(4,18)10-8-12/h7,9,11-13,16-18H,5-6,8,10H2,1-4H3/t11-,12-,13-,15+/m1/s1. The van der Waals surface area contributed by atoms with Crippen molar-refractivity contribution >= 4 is 0 Å². The zero-order valence-corrected chi connectivity index (χ0v) is 12.1. The maximum atomic E-state index is 9.84. The third kappa shape index (κ3) is 4.71. The third-order valence-electron chi connectivity index (χ3n) is 4.13. The Kier molecular flexibility index (Phi) is 4.98. The first-order valence-corrected chi connectivity index (χ1v) is 6.94. The summed E-state index contributed by atoms with van der Waals surface area (Å²) in [5.74, 6) is 0.939. The highest BCUT2D eigenvalue weighted by Crippen LogP contribution is 2.32. The van der Waals surface area contributed by atoms with E-state index in [0.29, 0.717) is 18.3 Å². The second-order valence-electron chi connectivity index (χ2n) is 6.64. The van der Waals surface area contributed by atoms with Crippen LogP contribution in [0, 0.1) is 11.8 Å². The van der Waals surface area contributed by atoms with Gasteiger partial charge in [0.1, 0.15) is 0 Å². The van der Waals surface area contributed by atoms with Crippen molar-refractivity contribution in [2.24, 2.45) is 11.8 Å². The summed E-state index contributed by atoms with van der Waals surface area (Å²) in [6.45, 7) is 7.29. The Bertz CT molecular complexity index is 289.